The van der Waals surface area contributed by atoms with E-state index >= 15 is 0 Å². The van der Waals surface area contributed by atoms with E-state index in [9.17, 15) is 9.59 Å². The van der Waals surface area contributed by atoms with Gasteiger partial charge < -0.3 is 15.5 Å². The maximum Gasteiger partial charge on any atom is 0.253 e. The summed E-state index contributed by atoms with van der Waals surface area (Å²) in [6, 6.07) is 6.40. The van der Waals surface area contributed by atoms with Gasteiger partial charge in [-0.2, -0.15) is 11.8 Å². The molecule has 1 aliphatic rings. The Morgan fingerprint density at radius 1 is 1.37 bits per heavy atom. The number of hydrogen-bond acceptors (Lipinski definition) is 4. The predicted molar refractivity (Wildman–Crippen MR) is 116 cm³/mol. The van der Waals surface area contributed by atoms with Crippen LogP contribution >= 0.6 is 35.8 Å². The number of nitrogens with zero attached hydrogens (tertiary/aromatic N) is 1. The Morgan fingerprint density at radius 3 is 2.78 bits per heavy atom. The molecule has 2 amide bonds. The Morgan fingerprint density at radius 2 is 2.11 bits per heavy atom. The highest BCUT2D eigenvalue weighted by molar-refractivity contribution is 7.98. The highest BCUT2D eigenvalue weighted by Gasteiger charge is 2.30. The van der Waals surface area contributed by atoms with Gasteiger partial charge >= 0.3 is 0 Å². The van der Waals surface area contributed by atoms with E-state index in [2.05, 4.69) is 10.6 Å². The molecule has 0 radical (unpaired) electrons. The zero-order valence-electron chi connectivity index (χ0n) is 15.9. The summed E-state index contributed by atoms with van der Waals surface area (Å²) >= 11 is 7.79. The number of thioether (sulfide) groups is 1. The average molecular weight is 434 g/mol. The molecule has 0 spiro atoms. The van der Waals surface area contributed by atoms with Gasteiger partial charge in [-0.3, -0.25) is 9.59 Å². The molecule has 1 aromatic rings. The van der Waals surface area contributed by atoms with Crippen molar-refractivity contribution in [3.63, 3.8) is 0 Å². The van der Waals surface area contributed by atoms with Crippen LogP contribution in [-0.4, -0.2) is 61.4 Å². The minimum absolute atomic E-state index is 0. The second-order valence-corrected chi connectivity index (χ2v) is 8.03. The van der Waals surface area contributed by atoms with Crippen molar-refractivity contribution in [3.05, 3.63) is 34.9 Å². The molecule has 2 N–H and O–H groups in total. The topological polar surface area (TPSA) is 61.4 Å². The number of carbonyl (C=O) groups excluding carboxylic acids is 2. The Kier molecular flexibility index (Phi) is 11.1. The van der Waals surface area contributed by atoms with E-state index in [-0.39, 0.29) is 24.2 Å². The van der Waals surface area contributed by atoms with Crippen molar-refractivity contribution in [2.24, 2.45) is 5.92 Å². The van der Waals surface area contributed by atoms with Crippen LogP contribution in [0.2, 0.25) is 5.02 Å². The first-order valence-corrected chi connectivity index (χ1v) is 10.8. The molecule has 27 heavy (non-hydrogen) atoms. The van der Waals surface area contributed by atoms with E-state index in [4.69, 9.17) is 11.6 Å². The van der Waals surface area contributed by atoms with Crippen LogP contribution in [-0.2, 0) is 4.79 Å². The molecule has 5 nitrogen and oxygen atoms in total. The van der Waals surface area contributed by atoms with Gasteiger partial charge in [-0.15, -0.1) is 12.4 Å². The van der Waals surface area contributed by atoms with Crippen molar-refractivity contribution in [1.29, 1.82) is 0 Å². The normalized spacial score (nSPS) is 17.7. The number of piperidine rings is 1. The first kappa shape index (κ1) is 24.1. The first-order chi connectivity index (χ1) is 12.6. The van der Waals surface area contributed by atoms with Crippen molar-refractivity contribution in [3.8, 4) is 0 Å². The summed E-state index contributed by atoms with van der Waals surface area (Å²) in [5.74, 6) is 1.00. The summed E-state index contributed by atoms with van der Waals surface area (Å²) in [5.41, 5.74) is 0.405. The molecule has 1 fully saturated rings. The Hall–Kier alpha value is -0.950. The van der Waals surface area contributed by atoms with Gasteiger partial charge in [0.15, 0.2) is 0 Å². The van der Waals surface area contributed by atoms with E-state index in [0.717, 1.165) is 38.2 Å². The number of carbonyl (C=O) groups is 2. The van der Waals surface area contributed by atoms with E-state index in [1.54, 1.807) is 36.0 Å². The molecule has 0 bridgehead atoms. The van der Waals surface area contributed by atoms with Gasteiger partial charge in [-0.1, -0.05) is 23.7 Å². The number of nitrogens with one attached hydrogen (secondary N) is 2. The molecular weight excluding hydrogens is 405 g/mol. The van der Waals surface area contributed by atoms with E-state index in [1.807, 2.05) is 18.2 Å². The first-order valence-electron chi connectivity index (χ1n) is 9.04. The predicted octanol–water partition coefficient (Wildman–Crippen LogP) is 3.07. The summed E-state index contributed by atoms with van der Waals surface area (Å²) in [5, 5.41) is 6.50. The molecule has 2 unspecified atom stereocenters. The minimum atomic E-state index is -0.514. The van der Waals surface area contributed by atoms with Gasteiger partial charge in [0.2, 0.25) is 5.91 Å². The zero-order chi connectivity index (χ0) is 18.9. The molecule has 0 aromatic heterocycles. The standard InChI is InChI=1S/C19H28ClN3O2S.ClH/c1-21-12-14-6-5-10-23(13-14)19(25)17(9-11-26-2)22-18(24)15-7-3-4-8-16(15)20;/h3-4,7-8,14,17,21H,5-6,9-13H2,1-2H3,(H,22,24);1H. The van der Waals surface area contributed by atoms with Crippen LogP contribution in [0.25, 0.3) is 0 Å². The molecule has 8 heteroatoms. The van der Waals surface area contributed by atoms with Gasteiger partial charge in [0.25, 0.3) is 5.91 Å². The third-order valence-corrected chi connectivity index (χ3v) is 5.63. The van der Waals surface area contributed by atoms with Crippen LogP contribution in [0.15, 0.2) is 24.3 Å². The average Bonchev–Trinajstić information content (AvgIpc) is 2.65. The van der Waals surface area contributed by atoms with Crippen molar-refractivity contribution in [2.75, 3.05) is 38.7 Å². The van der Waals surface area contributed by atoms with Crippen molar-refractivity contribution in [1.82, 2.24) is 15.5 Å². The third kappa shape index (κ3) is 7.18. The van der Waals surface area contributed by atoms with Crippen LogP contribution < -0.4 is 10.6 Å². The number of hydrogen-bond donors (Lipinski definition) is 2. The number of likely N-dealkylation sites (tertiary alicyclic amines) is 1. The molecule has 1 aromatic carbocycles. The van der Waals surface area contributed by atoms with Crippen LogP contribution in [0.4, 0.5) is 0 Å². The largest absolute Gasteiger partial charge is 0.341 e. The summed E-state index contributed by atoms with van der Waals surface area (Å²) in [6.45, 7) is 2.42. The van der Waals surface area contributed by atoms with E-state index in [1.165, 1.54) is 0 Å². The molecule has 1 saturated heterocycles. The van der Waals surface area contributed by atoms with Crippen LogP contribution in [0.3, 0.4) is 0 Å². The second kappa shape index (κ2) is 12.5. The molecule has 1 heterocycles. The van der Waals surface area contributed by atoms with E-state index in [0.29, 0.717) is 22.9 Å². The summed E-state index contributed by atoms with van der Waals surface area (Å²) in [6.07, 6.45) is 4.75. The van der Waals surface area contributed by atoms with E-state index < -0.39 is 6.04 Å². The molecular formula is C19H29Cl2N3O2S. The third-order valence-electron chi connectivity index (χ3n) is 4.66. The Balaban J connectivity index is 0.00000364. The Bertz CT molecular complexity index is 616. The number of rotatable bonds is 8. The monoisotopic (exact) mass is 433 g/mol. The minimum Gasteiger partial charge on any atom is -0.341 e. The lowest BCUT2D eigenvalue weighted by molar-refractivity contribution is -0.135. The highest BCUT2D eigenvalue weighted by Crippen LogP contribution is 2.19. The second-order valence-electron chi connectivity index (χ2n) is 6.64. The van der Waals surface area contributed by atoms with Gasteiger partial charge in [0.1, 0.15) is 6.04 Å². The number of benzene rings is 1. The van der Waals surface area contributed by atoms with Gasteiger partial charge in [0, 0.05) is 13.1 Å². The van der Waals surface area contributed by atoms with Gasteiger partial charge in [0.05, 0.1) is 10.6 Å². The van der Waals surface area contributed by atoms with Crippen LogP contribution in [0.1, 0.15) is 29.6 Å². The fourth-order valence-electron chi connectivity index (χ4n) is 3.32. The van der Waals surface area contributed by atoms with Crippen molar-refractivity contribution < 1.29 is 9.59 Å². The smallest absolute Gasteiger partial charge is 0.253 e. The van der Waals surface area contributed by atoms with Crippen LogP contribution in [0.5, 0.6) is 0 Å². The maximum atomic E-state index is 13.1. The zero-order valence-corrected chi connectivity index (χ0v) is 18.3. The summed E-state index contributed by atoms with van der Waals surface area (Å²) < 4.78 is 0. The van der Waals surface area contributed by atoms with Crippen molar-refractivity contribution >= 4 is 47.6 Å². The molecule has 152 valence electrons. The molecule has 2 rings (SSSR count). The number of amides is 2. The molecule has 0 saturated carbocycles. The lowest BCUT2D eigenvalue weighted by Gasteiger charge is -2.35. The van der Waals surface area contributed by atoms with Crippen LogP contribution in [0, 0.1) is 5.92 Å². The lowest BCUT2D eigenvalue weighted by atomic mass is 9.97. The molecule has 1 aliphatic heterocycles. The van der Waals surface area contributed by atoms with Gasteiger partial charge in [-0.25, -0.2) is 0 Å². The van der Waals surface area contributed by atoms with Gasteiger partial charge in [-0.05, 0) is 62.9 Å². The van der Waals surface area contributed by atoms with Crippen molar-refractivity contribution in [2.45, 2.75) is 25.3 Å². The quantitative estimate of drug-likeness (QED) is 0.660. The Labute approximate surface area is 177 Å². The maximum absolute atomic E-state index is 13.1. The SMILES string of the molecule is CNCC1CCCN(C(=O)C(CCSC)NC(=O)c2ccccc2Cl)C1.Cl. The lowest BCUT2D eigenvalue weighted by Crippen LogP contribution is -2.52. The fraction of sp³-hybridized carbons (Fsp3) is 0.579. The summed E-state index contributed by atoms with van der Waals surface area (Å²) in [4.78, 5) is 27.6. The fourth-order valence-corrected chi connectivity index (χ4v) is 4.01. The molecule has 0 aliphatic carbocycles. The number of halogens is 2. The molecule has 2 atom stereocenters. The highest BCUT2D eigenvalue weighted by atomic mass is 35.5. The summed E-state index contributed by atoms with van der Waals surface area (Å²) in [7, 11) is 1.94.